The highest BCUT2D eigenvalue weighted by molar-refractivity contribution is 5.09. The summed E-state index contributed by atoms with van der Waals surface area (Å²) in [5.74, 6) is 0. The third-order valence-electron chi connectivity index (χ3n) is 3.16. The van der Waals surface area contributed by atoms with E-state index in [0.29, 0.717) is 0 Å². The fraction of sp³-hybridized carbons (Fsp3) is 0.727. The van der Waals surface area contributed by atoms with E-state index in [4.69, 9.17) is 4.74 Å². The largest absolute Gasteiger partial charge is 0.374 e. The van der Waals surface area contributed by atoms with Crippen molar-refractivity contribution in [3.8, 4) is 0 Å². The van der Waals surface area contributed by atoms with Gasteiger partial charge in [-0.05, 0) is 20.2 Å². The minimum Gasteiger partial charge on any atom is -0.374 e. The van der Waals surface area contributed by atoms with Crippen molar-refractivity contribution in [2.24, 2.45) is 7.05 Å². The van der Waals surface area contributed by atoms with Crippen molar-refractivity contribution in [2.45, 2.75) is 12.1 Å². The molecule has 1 fully saturated rings. The topological polar surface area (TPSA) is 42.3 Å². The highest BCUT2D eigenvalue weighted by Crippen LogP contribution is 2.20. The zero-order valence-corrected chi connectivity index (χ0v) is 10.2. The number of hydrogen-bond donors (Lipinski definition) is 1. The second-order valence-electron chi connectivity index (χ2n) is 4.32. The van der Waals surface area contributed by atoms with Gasteiger partial charge in [0.15, 0.2) is 0 Å². The summed E-state index contributed by atoms with van der Waals surface area (Å²) >= 11 is 0. The summed E-state index contributed by atoms with van der Waals surface area (Å²) < 4.78 is 7.74. The predicted molar refractivity (Wildman–Crippen MR) is 62.2 cm³/mol. The summed E-state index contributed by atoms with van der Waals surface area (Å²) in [5.41, 5.74) is 1.17. The Kier molecular flexibility index (Phi) is 3.58. The van der Waals surface area contributed by atoms with E-state index in [1.807, 2.05) is 31.0 Å². The molecule has 2 rings (SSSR count). The molecule has 1 saturated heterocycles. The van der Waals surface area contributed by atoms with Gasteiger partial charge in [-0.1, -0.05) is 0 Å². The van der Waals surface area contributed by atoms with Crippen LogP contribution in [0, 0.1) is 0 Å². The van der Waals surface area contributed by atoms with Crippen LogP contribution >= 0.6 is 0 Å². The van der Waals surface area contributed by atoms with Crippen LogP contribution in [-0.2, 0) is 11.8 Å². The summed E-state index contributed by atoms with van der Waals surface area (Å²) in [6, 6.07) is 2.24. The van der Waals surface area contributed by atoms with Gasteiger partial charge in [0.1, 0.15) is 0 Å². The second-order valence-corrected chi connectivity index (χ2v) is 4.32. The second kappa shape index (κ2) is 4.95. The molecule has 0 spiro atoms. The first-order valence-electron chi connectivity index (χ1n) is 5.67. The Morgan fingerprint density at radius 3 is 2.94 bits per heavy atom. The number of morpholine rings is 1. The molecule has 5 nitrogen and oxygen atoms in total. The van der Waals surface area contributed by atoms with Crippen molar-refractivity contribution in [3.63, 3.8) is 0 Å². The molecule has 0 radical (unpaired) electrons. The molecule has 0 bridgehead atoms. The van der Waals surface area contributed by atoms with Crippen LogP contribution in [0.2, 0.25) is 0 Å². The van der Waals surface area contributed by atoms with E-state index in [2.05, 4.69) is 22.4 Å². The summed E-state index contributed by atoms with van der Waals surface area (Å²) in [7, 11) is 6.06. The molecule has 1 aromatic rings. The smallest absolute Gasteiger partial charge is 0.0911 e. The molecule has 1 aliphatic rings. The monoisotopic (exact) mass is 224 g/mol. The van der Waals surface area contributed by atoms with Gasteiger partial charge < -0.3 is 15.0 Å². The molecule has 2 heterocycles. The Morgan fingerprint density at radius 1 is 1.56 bits per heavy atom. The van der Waals surface area contributed by atoms with Gasteiger partial charge in [0.2, 0.25) is 0 Å². The first-order valence-corrected chi connectivity index (χ1v) is 5.67. The molecule has 16 heavy (non-hydrogen) atoms. The molecule has 0 amide bonds. The molecule has 1 aromatic heterocycles. The van der Waals surface area contributed by atoms with Crippen molar-refractivity contribution >= 4 is 0 Å². The average molecular weight is 224 g/mol. The Morgan fingerprint density at radius 2 is 2.38 bits per heavy atom. The maximum atomic E-state index is 5.83. The van der Waals surface area contributed by atoms with Crippen molar-refractivity contribution in [1.82, 2.24) is 20.0 Å². The van der Waals surface area contributed by atoms with E-state index in [0.717, 1.165) is 19.7 Å². The Balaban J connectivity index is 2.13. The minimum absolute atomic E-state index is 0.194. The molecule has 5 heteroatoms. The lowest BCUT2D eigenvalue weighted by molar-refractivity contribution is -0.0393. The van der Waals surface area contributed by atoms with Gasteiger partial charge in [0.05, 0.1) is 24.4 Å². The molecule has 1 N–H and O–H groups in total. The highest BCUT2D eigenvalue weighted by atomic mass is 16.5. The zero-order valence-electron chi connectivity index (χ0n) is 10.2. The number of nitrogens with zero attached hydrogens (tertiary/aromatic N) is 3. The lowest BCUT2D eigenvalue weighted by atomic mass is 10.1. The van der Waals surface area contributed by atoms with Crippen molar-refractivity contribution in [3.05, 3.63) is 18.0 Å². The molecule has 1 aliphatic heterocycles. The number of aromatic nitrogens is 2. The van der Waals surface area contributed by atoms with Crippen LogP contribution in [0.4, 0.5) is 0 Å². The molecular formula is C11H20N4O. The third-order valence-corrected chi connectivity index (χ3v) is 3.16. The number of likely N-dealkylation sites (N-methyl/N-ethyl adjacent to an activating group) is 2. The van der Waals surface area contributed by atoms with E-state index in [1.165, 1.54) is 5.69 Å². The number of rotatable bonds is 3. The van der Waals surface area contributed by atoms with Crippen LogP contribution < -0.4 is 5.32 Å². The maximum absolute atomic E-state index is 5.83. The van der Waals surface area contributed by atoms with Gasteiger partial charge in [0.25, 0.3) is 0 Å². The summed E-state index contributed by atoms with van der Waals surface area (Å²) in [6.07, 6.45) is 2.02. The normalized spacial score (nSPS) is 24.6. The standard InChI is InChI=1S/C11H20N4O/c1-12-11(9-4-5-13-15(9)3)10-8-14(2)6-7-16-10/h4-5,10-12H,6-8H2,1-3H3. The van der Waals surface area contributed by atoms with E-state index < -0.39 is 0 Å². The van der Waals surface area contributed by atoms with Gasteiger partial charge >= 0.3 is 0 Å². The Hall–Kier alpha value is -0.910. The Bertz CT molecular complexity index is 338. The van der Waals surface area contributed by atoms with Crippen LogP contribution in [0.15, 0.2) is 12.3 Å². The van der Waals surface area contributed by atoms with Crippen LogP contribution in [0.3, 0.4) is 0 Å². The zero-order chi connectivity index (χ0) is 11.5. The first-order chi connectivity index (χ1) is 7.72. The van der Waals surface area contributed by atoms with Gasteiger partial charge in [-0.2, -0.15) is 5.10 Å². The first kappa shape index (κ1) is 11.6. The van der Waals surface area contributed by atoms with Crippen molar-refractivity contribution in [1.29, 1.82) is 0 Å². The van der Waals surface area contributed by atoms with Gasteiger partial charge in [-0.25, -0.2) is 0 Å². The van der Waals surface area contributed by atoms with E-state index in [-0.39, 0.29) is 12.1 Å². The minimum atomic E-state index is 0.194. The number of aryl methyl sites for hydroxylation is 1. The molecular weight excluding hydrogens is 204 g/mol. The lowest BCUT2D eigenvalue weighted by Gasteiger charge is -2.35. The average Bonchev–Trinajstić information content (AvgIpc) is 2.67. The lowest BCUT2D eigenvalue weighted by Crippen LogP contribution is -2.46. The molecule has 2 atom stereocenters. The quantitative estimate of drug-likeness (QED) is 0.785. The fourth-order valence-electron chi connectivity index (χ4n) is 2.23. The molecule has 0 aliphatic carbocycles. The highest BCUT2D eigenvalue weighted by Gasteiger charge is 2.28. The van der Waals surface area contributed by atoms with E-state index >= 15 is 0 Å². The summed E-state index contributed by atoms with van der Waals surface area (Å²) in [6.45, 7) is 2.77. The van der Waals surface area contributed by atoms with Gasteiger partial charge in [-0.3, -0.25) is 4.68 Å². The van der Waals surface area contributed by atoms with Crippen LogP contribution in [0.1, 0.15) is 11.7 Å². The van der Waals surface area contributed by atoms with Crippen molar-refractivity contribution < 1.29 is 4.74 Å². The van der Waals surface area contributed by atoms with Crippen LogP contribution in [0.25, 0.3) is 0 Å². The maximum Gasteiger partial charge on any atom is 0.0911 e. The van der Waals surface area contributed by atoms with Crippen molar-refractivity contribution in [2.75, 3.05) is 33.8 Å². The molecule has 0 aromatic carbocycles. The summed E-state index contributed by atoms with van der Waals surface area (Å²) in [5, 5.41) is 7.53. The third kappa shape index (κ3) is 2.26. The van der Waals surface area contributed by atoms with E-state index in [9.17, 15) is 0 Å². The van der Waals surface area contributed by atoms with Gasteiger partial charge in [-0.15, -0.1) is 0 Å². The fourth-order valence-corrected chi connectivity index (χ4v) is 2.23. The predicted octanol–water partition coefficient (Wildman–Crippen LogP) is 0.0112. The van der Waals surface area contributed by atoms with Crippen LogP contribution in [-0.4, -0.2) is 54.6 Å². The molecule has 90 valence electrons. The molecule has 0 saturated carbocycles. The van der Waals surface area contributed by atoms with Crippen LogP contribution in [0.5, 0.6) is 0 Å². The Labute approximate surface area is 96.4 Å². The molecule has 2 unspecified atom stereocenters. The number of ether oxygens (including phenoxy) is 1. The van der Waals surface area contributed by atoms with Gasteiger partial charge in [0, 0.05) is 26.3 Å². The number of hydrogen-bond acceptors (Lipinski definition) is 4. The van der Waals surface area contributed by atoms with E-state index in [1.54, 1.807) is 0 Å². The number of nitrogens with one attached hydrogen (secondary N) is 1. The summed E-state index contributed by atoms with van der Waals surface area (Å²) in [4.78, 5) is 2.30. The SMILES string of the molecule is CNC(c1ccnn1C)C1CN(C)CCO1.